The van der Waals surface area contributed by atoms with Crippen molar-refractivity contribution in [1.82, 2.24) is 4.98 Å². The van der Waals surface area contributed by atoms with Crippen LogP contribution in [0.3, 0.4) is 0 Å². The summed E-state index contributed by atoms with van der Waals surface area (Å²) in [4.78, 5) is 20.0. The fourth-order valence-corrected chi connectivity index (χ4v) is 2.93. The number of anilines is 2. The van der Waals surface area contributed by atoms with Gasteiger partial charge in [0, 0.05) is 11.1 Å². The van der Waals surface area contributed by atoms with Crippen LogP contribution < -0.4 is 4.90 Å². The molecule has 0 spiro atoms. The molecule has 0 aliphatic carbocycles. The smallest absolute Gasteiger partial charge is 0.256 e. The lowest BCUT2D eigenvalue weighted by atomic mass is 10.2. The number of para-hydroxylation sites is 1. The van der Waals surface area contributed by atoms with Gasteiger partial charge in [0.05, 0.1) is 10.6 Å². The van der Waals surface area contributed by atoms with Gasteiger partial charge in [0.15, 0.2) is 5.82 Å². The van der Waals surface area contributed by atoms with Crippen molar-refractivity contribution in [1.29, 1.82) is 0 Å². The second-order valence-electron chi connectivity index (χ2n) is 3.77. The van der Waals surface area contributed by atoms with E-state index in [4.69, 9.17) is 0 Å². The number of nitrogens with zero attached hydrogens (tertiary/aromatic N) is 2. The standard InChI is InChI=1S/C14H10N2OS/c1-2-13(17)16-10-6-3-4-7-11(10)18-12-8-5-9-15-14(12)16/h2-9H,1H2. The number of fused-ring (bicyclic) bond motifs is 2. The van der Waals surface area contributed by atoms with Gasteiger partial charge in [0.25, 0.3) is 5.91 Å². The highest BCUT2D eigenvalue weighted by molar-refractivity contribution is 7.99. The maximum absolute atomic E-state index is 12.1. The molecule has 2 aromatic rings. The van der Waals surface area contributed by atoms with Crippen LogP contribution in [0.2, 0.25) is 0 Å². The fourth-order valence-electron chi connectivity index (χ4n) is 1.90. The average molecular weight is 254 g/mol. The predicted octanol–water partition coefficient (Wildman–Crippen LogP) is 3.40. The Balaban J connectivity index is 2.23. The molecule has 88 valence electrons. The van der Waals surface area contributed by atoms with Crippen molar-refractivity contribution < 1.29 is 4.79 Å². The minimum atomic E-state index is -0.164. The van der Waals surface area contributed by atoms with Crippen LogP contribution in [0.4, 0.5) is 11.5 Å². The van der Waals surface area contributed by atoms with Crippen LogP contribution in [0.5, 0.6) is 0 Å². The van der Waals surface area contributed by atoms with Crippen LogP contribution in [-0.2, 0) is 4.79 Å². The molecule has 3 rings (SSSR count). The van der Waals surface area contributed by atoms with Crippen molar-refractivity contribution >= 4 is 29.2 Å². The van der Waals surface area contributed by atoms with Crippen LogP contribution in [0, 0.1) is 0 Å². The number of rotatable bonds is 1. The first-order chi connectivity index (χ1) is 8.81. The molecule has 0 fully saturated rings. The van der Waals surface area contributed by atoms with E-state index in [2.05, 4.69) is 11.6 Å². The lowest BCUT2D eigenvalue weighted by Gasteiger charge is -2.28. The van der Waals surface area contributed by atoms with Crippen molar-refractivity contribution in [2.45, 2.75) is 9.79 Å². The molecule has 1 aromatic heterocycles. The van der Waals surface area contributed by atoms with Gasteiger partial charge < -0.3 is 0 Å². The van der Waals surface area contributed by atoms with Crippen LogP contribution in [-0.4, -0.2) is 10.9 Å². The quantitative estimate of drug-likeness (QED) is 0.731. The number of hydrogen-bond acceptors (Lipinski definition) is 3. The molecule has 0 bridgehead atoms. The van der Waals surface area contributed by atoms with E-state index in [1.807, 2.05) is 36.4 Å². The zero-order valence-electron chi connectivity index (χ0n) is 9.54. The molecular weight excluding hydrogens is 244 g/mol. The van der Waals surface area contributed by atoms with Gasteiger partial charge in [-0.1, -0.05) is 30.5 Å². The summed E-state index contributed by atoms with van der Waals surface area (Å²) in [6.45, 7) is 3.56. The van der Waals surface area contributed by atoms with Gasteiger partial charge in [0.2, 0.25) is 0 Å². The SMILES string of the molecule is C=CC(=O)N1c2ccccc2Sc2cccnc21. The van der Waals surface area contributed by atoms with Gasteiger partial charge >= 0.3 is 0 Å². The van der Waals surface area contributed by atoms with E-state index >= 15 is 0 Å². The third kappa shape index (κ3) is 1.62. The van der Waals surface area contributed by atoms with E-state index < -0.39 is 0 Å². The van der Waals surface area contributed by atoms with Gasteiger partial charge in [-0.2, -0.15) is 0 Å². The lowest BCUT2D eigenvalue weighted by Crippen LogP contribution is -2.27. The average Bonchev–Trinajstić information content (AvgIpc) is 2.44. The monoisotopic (exact) mass is 254 g/mol. The van der Waals surface area contributed by atoms with E-state index in [0.717, 1.165) is 15.5 Å². The first kappa shape index (κ1) is 11.0. The van der Waals surface area contributed by atoms with Crippen LogP contribution in [0.1, 0.15) is 0 Å². The first-order valence-electron chi connectivity index (χ1n) is 5.49. The first-order valence-corrected chi connectivity index (χ1v) is 6.31. The molecule has 1 aromatic carbocycles. The second kappa shape index (κ2) is 4.31. The van der Waals surface area contributed by atoms with E-state index in [-0.39, 0.29) is 5.91 Å². The molecule has 2 heterocycles. The molecule has 0 atom stereocenters. The van der Waals surface area contributed by atoms with E-state index in [1.54, 1.807) is 22.9 Å². The van der Waals surface area contributed by atoms with Crippen LogP contribution in [0.15, 0.2) is 65.0 Å². The fraction of sp³-hybridized carbons (Fsp3) is 0. The number of benzene rings is 1. The predicted molar refractivity (Wildman–Crippen MR) is 72.1 cm³/mol. The van der Waals surface area contributed by atoms with Crippen molar-refractivity contribution in [2.24, 2.45) is 0 Å². The Kier molecular flexibility index (Phi) is 2.64. The number of aromatic nitrogens is 1. The summed E-state index contributed by atoms with van der Waals surface area (Å²) in [6, 6.07) is 11.6. The van der Waals surface area contributed by atoms with Crippen molar-refractivity contribution in [3.05, 3.63) is 55.3 Å². The third-order valence-electron chi connectivity index (χ3n) is 2.68. The van der Waals surface area contributed by atoms with Crippen LogP contribution in [0.25, 0.3) is 0 Å². The normalized spacial score (nSPS) is 12.6. The molecule has 0 N–H and O–H groups in total. The van der Waals surface area contributed by atoms with Crippen LogP contribution >= 0.6 is 11.8 Å². The molecule has 1 amide bonds. The minimum absolute atomic E-state index is 0.164. The molecule has 0 radical (unpaired) electrons. The Morgan fingerprint density at radius 1 is 1.22 bits per heavy atom. The maximum atomic E-state index is 12.1. The Bertz CT molecular complexity index is 594. The highest BCUT2D eigenvalue weighted by atomic mass is 32.2. The zero-order valence-corrected chi connectivity index (χ0v) is 10.4. The lowest BCUT2D eigenvalue weighted by molar-refractivity contribution is -0.113. The maximum Gasteiger partial charge on any atom is 0.256 e. The number of amides is 1. The van der Waals surface area contributed by atoms with Crippen molar-refractivity contribution in [3.63, 3.8) is 0 Å². The number of carbonyl (C=O) groups is 1. The molecule has 0 saturated heterocycles. The topological polar surface area (TPSA) is 33.2 Å². The number of hydrogen-bond donors (Lipinski definition) is 0. The van der Waals surface area contributed by atoms with Gasteiger partial charge in [-0.25, -0.2) is 4.98 Å². The Hall–Kier alpha value is -2.07. The molecule has 0 saturated carbocycles. The second-order valence-corrected chi connectivity index (χ2v) is 4.86. The summed E-state index contributed by atoms with van der Waals surface area (Å²) in [7, 11) is 0. The summed E-state index contributed by atoms with van der Waals surface area (Å²) in [5.41, 5.74) is 0.860. The third-order valence-corrected chi connectivity index (χ3v) is 3.79. The number of pyridine rings is 1. The molecule has 1 aliphatic rings. The van der Waals surface area contributed by atoms with E-state index in [9.17, 15) is 4.79 Å². The van der Waals surface area contributed by atoms with Gasteiger partial charge in [-0.3, -0.25) is 9.69 Å². The molecule has 18 heavy (non-hydrogen) atoms. The zero-order chi connectivity index (χ0) is 12.5. The van der Waals surface area contributed by atoms with Crippen molar-refractivity contribution in [2.75, 3.05) is 4.90 Å². The summed E-state index contributed by atoms with van der Waals surface area (Å²) >= 11 is 1.62. The molecule has 3 nitrogen and oxygen atoms in total. The Morgan fingerprint density at radius 3 is 2.83 bits per heavy atom. The molecule has 1 aliphatic heterocycles. The van der Waals surface area contributed by atoms with Gasteiger partial charge in [0.1, 0.15) is 0 Å². The summed E-state index contributed by atoms with van der Waals surface area (Å²) in [5.74, 6) is 0.508. The Labute approximate surface area is 109 Å². The molecule has 0 unspecified atom stereocenters. The summed E-state index contributed by atoms with van der Waals surface area (Å²) in [6.07, 6.45) is 3.00. The summed E-state index contributed by atoms with van der Waals surface area (Å²) < 4.78 is 0. The highest BCUT2D eigenvalue weighted by Crippen LogP contribution is 2.46. The van der Waals surface area contributed by atoms with Gasteiger partial charge in [-0.15, -0.1) is 0 Å². The highest BCUT2D eigenvalue weighted by Gasteiger charge is 2.27. The minimum Gasteiger partial charge on any atom is -0.269 e. The Morgan fingerprint density at radius 2 is 2.00 bits per heavy atom. The van der Waals surface area contributed by atoms with E-state index in [1.165, 1.54) is 6.08 Å². The largest absolute Gasteiger partial charge is 0.269 e. The number of carbonyl (C=O) groups excluding carboxylic acids is 1. The van der Waals surface area contributed by atoms with Crippen molar-refractivity contribution in [3.8, 4) is 0 Å². The van der Waals surface area contributed by atoms with Gasteiger partial charge in [-0.05, 0) is 30.3 Å². The molecular formula is C14H10N2OS. The molecule has 4 heteroatoms. The summed E-state index contributed by atoms with van der Waals surface area (Å²) in [5, 5.41) is 0. The van der Waals surface area contributed by atoms with E-state index in [0.29, 0.717) is 5.82 Å².